The number of carbonyl (C=O) groups excluding carboxylic acids is 1. The van der Waals surface area contributed by atoms with Crippen molar-refractivity contribution in [3.05, 3.63) is 71.8 Å². The maximum absolute atomic E-state index is 14.3. The van der Waals surface area contributed by atoms with Gasteiger partial charge in [0.25, 0.3) is 5.89 Å². The Kier molecular flexibility index (Phi) is 3.93. The number of rotatable bonds is 3. The zero-order valence-electron chi connectivity index (χ0n) is 16.8. The van der Waals surface area contributed by atoms with Gasteiger partial charge in [0.1, 0.15) is 11.7 Å². The molecule has 6 heterocycles. The Labute approximate surface area is 179 Å². The van der Waals surface area contributed by atoms with Crippen LogP contribution < -0.4 is 0 Å². The van der Waals surface area contributed by atoms with Crippen molar-refractivity contribution in [3.63, 3.8) is 0 Å². The Bertz CT molecular complexity index is 1460. The monoisotopic (exact) mass is 433 g/mol. The molecule has 11 nitrogen and oxygen atoms in total. The van der Waals surface area contributed by atoms with Crippen LogP contribution in [-0.4, -0.2) is 56.9 Å². The molecule has 0 bridgehead atoms. The highest BCUT2D eigenvalue weighted by molar-refractivity contribution is 5.90. The van der Waals surface area contributed by atoms with Crippen LogP contribution in [0.1, 0.15) is 33.8 Å². The summed E-state index contributed by atoms with van der Waals surface area (Å²) in [6.45, 7) is 0.373. The number of aromatic amines is 1. The molecule has 1 aliphatic heterocycles. The first kappa shape index (κ1) is 18.4. The maximum Gasteiger partial charge on any atom is 0.312 e. The molecule has 1 amide bonds. The predicted octanol–water partition coefficient (Wildman–Crippen LogP) is 1.77. The number of pyridine rings is 1. The van der Waals surface area contributed by atoms with Crippen LogP contribution in [0.15, 0.2) is 47.3 Å². The first-order valence-corrected chi connectivity index (χ1v) is 9.89. The Balaban J connectivity index is 1.42. The van der Waals surface area contributed by atoms with E-state index in [1.165, 1.54) is 10.6 Å². The van der Waals surface area contributed by atoms with Crippen molar-refractivity contribution in [1.82, 2.24) is 44.5 Å². The number of fused-ring (bicyclic) bond motifs is 2. The minimum atomic E-state index is -0.635. The van der Waals surface area contributed by atoms with Gasteiger partial charge in [0.15, 0.2) is 0 Å². The highest BCUT2D eigenvalue weighted by atomic mass is 19.1. The van der Waals surface area contributed by atoms with Crippen LogP contribution in [0, 0.1) is 5.95 Å². The van der Waals surface area contributed by atoms with Crippen molar-refractivity contribution in [2.75, 3.05) is 6.54 Å². The van der Waals surface area contributed by atoms with Crippen LogP contribution in [0.2, 0.25) is 0 Å². The number of hydrogen-bond donors (Lipinski definition) is 1. The van der Waals surface area contributed by atoms with Crippen molar-refractivity contribution >= 4 is 11.4 Å². The summed E-state index contributed by atoms with van der Waals surface area (Å²) in [4.78, 5) is 22.5. The number of hydrogen-bond acceptors (Lipinski definition) is 7. The highest BCUT2D eigenvalue weighted by Crippen LogP contribution is 2.34. The molecule has 0 fully saturated rings. The van der Waals surface area contributed by atoms with E-state index in [0.717, 1.165) is 5.69 Å². The molecule has 0 spiro atoms. The van der Waals surface area contributed by atoms with E-state index in [1.807, 2.05) is 0 Å². The number of aryl methyl sites for hydroxylation is 1. The summed E-state index contributed by atoms with van der Waals surface area (Å²) in [6, 6.07) is 7.51. The van der Waals surface area contributed by atoms with Crippen LogP contribution in [0.25, 0.3) is 17.1 Å². The Hall–Kier alpha value is -4.35. The molecule has 1 unspecified atom stereocenters. The molecule has 160 valence electrons. The summed E-state index contributed by atoms with van der Waals surface area (Å²) in [5, 5.41) is 16.4. The average Bonchev–Trinajstić information content (AvgIpc) is 3.57. The fraction of sp³-hybridized carbons (Fsp3) is 0.200. The summed E-state index contributed by atoms with van der Waals surface area (Å²) in [7, 11) is 1.74. The van der Waals surface area contributed by atoms with E-state index in [-0.39, 0.29) is 11.8 Å². The SMILES string of the molecule is Cn1nccc1-c1nnc(C(=O)N2CCc3[nH]cnc3C2c2cc3cccc(F)n3n2)o1. The molecule has 1 atom stereocenters. The Morgan fingerprint density at radius 2 is 2.19 bits per heavy atom. The van der Waals surface area contributed by atoms with Gasteiger partial charge >= 0.3 is 11.8 Å². The van der Waals surface area contributed by atoms with E-state index in [1.54, 1.807) is 53.4 Å². The second kappa shape index (κ2) is 6.83. The minimum Gasteiger partial charge on any atom is -0.411 e. The van der Waals surface area contributed by atoms with Crippen LogP contribution in [0.3, 0.4) is 0 Å². The van der Waals surface area contributed by atoms with Crippen molar-refractivity contribution in [2.24, 2.45) is 7.05 Å². The van der Waals surface area contributed by atoms with Gasteiger partial charge in [-0.25, -0.2) is 9.50 Å². The van der Waals surface area contributed by atoms with Gasteiger partial charge in [0, 0.05) is 31.9 Å². The maximum atomic E-state index is 14.3. The first-order chi connectivity index (χ1) is 15.6. The normalized spacial score (nSPS) is 15.9. The topological polar surface area (TPSA) is 123 Å². The molecule has 0 saturated carbocycles. The number of amides is 1. The summed E-state index contributed by atoms with van der Waals surface area (Å²) in [5.41, 5.74) is 3.21. The van der Waals surface area contributed by atoms with Crippen molar-refractivity contribution < 1.29 is 13.6 Å². The molecular formula is C20H16FN9O2. The van der Waals surface area contributed by atoms with E-state index in [9.17, 15) is 9.18 Å². The molecule has 1 aliphatic rings. The average molecular weight is 433 g/mol. The molecule has 5 aromatic heterocycles. The van der Waals surface area contributed by atoms with E-state index in [2.05, 4.69) is 30.4 Å². The molecule has 0 saturated heterocycles. The van der Waals surface area contributed by atoms with Gasteiger partial charge in [-0.15, -0.1) is 10.2 Å². The molecule has 6 rings (SSSR count). The van der Waals surface area contributed by atoms with Gasteiger partial charge in [0.05, 0.1) is 23.2 Å². The van der Waals surface area contributed by atoms with Gasteiger partial charge in [-0.3, -0.25) is 9.48 Å². The number of aromatic nitrogens is 8. The minimum absolute atomic E-state index is 0.153. The summed E-state index contributed by atoms with van der Waals surface area (Å²) in [6.07, 6.45) is 3.75. The number of H-pyrrole nitrogens is 1. The lowest BCUT2D eigenvalue weighted by atomic mass is 9.99. The third kappa shape index (κ3) is 2.72. The van der Waals surface area contributed by atoms with Gasteiger partial charge in [-0.1, -0.05) is 6.07 Å². The largest absolute Gasteiger partial charge is 0.411 e. The van der Waals surface area contributed by atoms with Crippen LogP contribution >= 0.6 is 0 Å². The fourth-order valence-corrected chi connectivity index (χ4v) is 4.05. The number of imidazole rings is 1. The van der Waals surface area contributed by atoms with E-state index < -0.39 is 17.9 Å². The second-order valence-electron chi connectivity index (χ2n) is 7.42. The smallest absolute Gasteiger partial charge is 0.312 e. The fourth-order valence-electron chi connectivity index (χ4n) is 4.05. The number of nitrogens with zero attached hydrogens (tertiary/aromatic N) is 8. The van der Waals surface area contributed by atoms with E-state index in [0.29, 0.717) is 35.6 Å². The summed E-state index contributed by atoms with van der Waals surface area (Å²) < 4.78 is 22.7. The van der Waals surface area contributed by atoms with Crippen molar-refractivity contribution in [1.29, 1.82) is 0 Å². The predicted molar refractivity (Wildman–Crippen MR) is 107 cm³/mol. The highest BCUT2D eigenvalue weighted by Gasteiger charge is 2.38. The van der Waals surface area contributed by atoms with Gasteiger partial charge in [-0.2, -0.15) is 14.6 Å². The van der Waals surface area contributed by atoms with Gasteiger partial charge in [0.2, 0.25) is 5.95 Å². The van der Waals surface area contributed by atoms with Crippen LogP contribution in [-0.2, 0) is 13.5 Å². The zero-order valence-corrected chi connectivity index (χ0v) is 16.8. The van der Waals surface area contributed by atoms with Gasteiger partial charge in [-0.05, 0) is 24.3 Å². The standard InChI is InChI=1S/C20H16FN9O2/c1-28-14(5-7-24-28)18-25-26-19(32-18)20(31)29-8-6-12-16(23-10-22-12)17(29)13-9-11-3-2-4-15(21)30(11)27-13/h2-5,7,9-10,17H,6,8H2,1H3,(H,22,23). The molecule has 12 heteroatoms. The third-order valence-electron chi connectivity index (χ3n) is 5.57. The van der Waals surface area contributed by atoms with Crippen molar-refractivity contribution in [3.8, 4) is 11.6 Å². The number of nitrogens with one attached hydrogen (secondary N) is 1. The molecule has 1 N–H and O–H groups in total. The van der Waals surface area contributed by atoms with Crippen LogP contribution in [0.4, 0.5) is 4.39 Å². The molecule has 0 aliphatic carbocycles. The lowest BCUT2D eigenvalue weighted by molar-refractivity contribution is 0.0646. The van der Waals surface area contributed by atoms with Gasteiger partial charge < -0.3 is 14.3 Å². The second-order valence-corrected chi connectivity index (χ2v) is 7.42. The van der Waals surface area contributed by atoms with Crippen LogP contribution in [0.5, 0.6) is 0 Å². The number of carbonyl (C=O) groups is 1. The molecule has 5 aromatic rings. The third-order valence-corrected chi connectivity index (χ3v) is 5.57. The summed E-state index contributed by atoms with van der Waals surface area (Å²) >= 11 is 0. The molecular weight excluding hydrogens is 417 g/mol. The summed E-state index contributed by atoms with van der Waals surface area (Å²) in [5.74, 6) is -0.915. The Morgan fingerprint density at radius 1 is 1.28 bits per heavy atom. The quantitative estimate of drug-likeness (QED) is 0.430. The molecule has 0 aromatic carbocycles. The zero-order chi connectivity index (χ0) is 21.8. The van der Waals surface area contributed by atoms with E-state index >= 15 is 0 Å². The van der Waals surface area contributed by atoms with Crippen molar-refractivity contribution in [2.45, 2.75) is 12.5 Å². The lowest BCUT2D eigenvalue weighted by Gasteiger charge is -2.32. The first-order valence-electron chi connectivity index (χ1n) is 9.89. The van der Waals surface area contributed by atoms with E-state index in [4.69, 9.17) is 4.42 Å². The number of halogens is 1. The molecule has 32 heavy (non-hydrogen) atoms. The molecule has 0 radical (unpaired) electrons. The lowest BCUT2D eigenvalue weighted by Crippen LogP contribution is -2.41. The Morgan fingerprint density at radius 3 is 3.00 bits per heavy atom.